The fourth-order valence-electron chi connectivity index (χ4n) is 1.70. The van der Waals surface area contributed by atoms with E-state index in [0.29, 0.717) is 5.11 Å². The average molecular weight is 377 g/mol. The van der Waals surface area contributed by atoms with Crippen LogP contribution in [0.2, 0.25) is 0 Å². The first-order valence-corrected chi connectivity index (χ1v) is 9.04. The Morgan fingerprint density at radius 1 is 1.50 bits per heavy atom. The Morgan fingerprint density at radius 2 is 2.25 bits per heavy atom. The zero-order chi connectivity index (χ0) is 15.0. The number of nitrogens with one attached hydrogen (secondary N) is 2. The average Bonchev–Trinajstić information content (AvgIpc) is 2.43. The lowest BCUT2D eigenvalue weighted by Gasteiger charge is -2.18. The van der Waals surface area contributed by atoms with Crippen molar-refractivity contribution in [2.45, 2.75) is 19.4 Å². The van der Waals surface area contributed by atoms with Crippen LogP contribution in [0, 0.1) is 0 Å². The van der Waals surface area contributed by atoms with E-state index in [9.17, 15) is 0 Å². The standard InChI is InChI=1S/C14H21BrN2OS2/c1-10(17-14(19)16-7-4-8-20-3)11-5-6-13(18-2)12(15)9-11/h5-6,9-10H,4,7-8H2,1-3H3,(H2,16,17,19)/t10-/m1/s1. The molecule has 0 unspecified atom stereocenters. The predicted molar refractivity (Wildman–Crippen MR) is 95.8 cm³/mol. The summed E-state index contributed by atoms with van der Waals surface area (Å²) >= 11 is 10.6. The van der Waals surface area contributed by atoms with Crippen molar-refractivity contribution in [1.82, 2.24) is 10.6 Å². The van der Waals surface area contributed by atoms with E-state index in [1.54, 1.807) is 7.11 Å². The number of thiocarbonyl (C=S) groups is 1. The molecule has 0 aliphatic carbocycles. The third kappa shape index (κ3) is 5.89. The molecule has 112 valence electrons. The molecule has 0 fully saturated rings. The summed E-state index contributed by atoms with van der Waals surface area (Å²) in [5, 5.41) is 7.22. The van der Waals surface area contributed by atoms with Gasteiger partial charge in [0.05, 0.1) is 17.6 Å². The molecule has 1 aromatic rings. The van der Waals surface area contributed by atoms with Crippen molar-refractivity contribution >= 4 is 45.0 Å². The SMILES string of the molecule is COc1ccc([C@@H](C)NC(=S)NCCCSC)cc1Br. The summed E-state index contributed by atoms with van der Waals surface area (Å²) in [6.07, 6.45) is 3.23. The number of hydrogen-bond donors (Lipinski definition) is 2. The molecule has 0 saturated heterocycles. The third-order valence-electron chi connectivity index (χ3n) is 2.83. The van der Waals surface area contributed by atoms with Crippen molar-refractivity contribution in [2.75, 3.05) is 25.7 Å². The molecule has 2 N–H and O–H groups in total. The fourth-order valence-corrected chi connectivity index (χ4v) is 2.97. The van der Waals surface area contributed by atoms with Gasteiger partial charge in [0, 0.05) is 6.54 Å². The van der Waals surface area contributed by atoms with E-state index < -0.39 is 0 Å². The summed E-state index contributed by atoms with van der Waals surface area (Å²) in [4.78, 5) is 0. The largest absolute Gasteiger partial charge is 0.496 e. The Balaban J connectivity index is 2.47. The van der Waals surface area contributed by atoms with Crippen LogP contribution < -0.4 is 15.4 Å². The molecule has 0 aliphatic rings. The Bertz CT molecular complexity index is 443. The highest BCUT2D eigenvalue weighted by Crippen LogP contribution is 2.27. The van der Waals surface area contributed by atoms with Crippen LogP contribution in [0.15, 0.2) is 22.7 Å². The van der Waals surface area contributed by atoms with Crippen LogP contribution in [0.25, 0.3) is 0 Å². The second-order valence-electron chi connectivity index (χ2n) is 4.36. The minimum absolute atomic E-state index is 0.151. The van der Waals surface area contributed by atoms with Gasteiger partial charge in [-0.3, -0.25) is 0 Å². The number of halogens is 1. The van der Waals surface area contributed by atoms with Gasteiger partial charge in [-0.1, -0.05) is 6.07 Å². The second-order valence-corrected chi connectivity index (χ2v) is 6.61. The van der Waals surface area contributed by atoms with E-state index >= 15 is 0 Å². The molecule has 1 atom stereocenters. The van der Waals surface area contributed by atoms with E-state index in [4.69, 9.17) is 17.0 Å². The normalized spacial score (nSPS) is 11.8. The fraction of sp³-hybridized carbons (Fsp3) is 0.500. The maximum atomic E-state index is 5.30. The van der Waals surface area contributed by atoms with Crippen molar-refractivity contribution in [3.05, 3.63) is 28.2 Å². The van der Waals surface area contributed by atoms with Gasteiger partial charge in [0.1, 0.15) is 5.75 Å². The number of rotatable bonds is 7. The first-order valence-electron chi connectivity index (χ1n) is 6.45. The molecular weight excluding hydrogens is 356 g/mol. The van der Waals surface area contributed by atoms with E-state index in [1.807, 2.05) is 30.0 Å². The number of ether oxygens (including phenoxy) is 1. The Hall–Kier alpha value is -0.460. The van der Waals surface area contributed by atoms with Gasteiger partial charge >= 0.3 is 0 Å². The quantitative estimate of drug-likeness (QED) is 0.559. The molecule has 0 spiro atoms. The first kappa shape index (κ1) is 17.6. The van der Waals surface area contributed by atoms with Gasteiger partial charge in [-0.05, 0) is 71.2 Å². The minimum Gasteiger partial charge on any atom is -0.496 e. The van der Waals surface area contributed by atoms with Gasteiger partial charge in [0.15, 0.2) is 5.11 Å². The summed E-state index contributed by atoms with van der Waals surface area (Å²) in [5.41, 5.74) is 1.16. The predicted octanol–water partition coefficient (Wildman–Crippen LogP) is 3.74. The van der Waals surface area contributed by atoms with E-state index in [0.717, 1.165) is 34.5 Å². The molecular formula is C14H21BrN2OS2. The van der Waals surface area contributed by atoms with Crippen molar-refractivity contribution in [3.63, 3.8) is 0 Å². The minimum atomic E-state index is 0.151. The van der Waals surface area contributed by atoms with Crippen LogP contribution in [0.1, 0.15) is 24.9 Å². The molecule has 0 aliphatic heterocycles. The number of methoxy groups -OCH3 is 1. The topological polar surface area (TPSA) is 33.3 Å². The molecule has 20 heavy (non-hydrogen) atoms. The van der Waals surface area contributed by atoms with Gasteiger partial charge < -0.3 is 15.4 Å². The van der Waals surface area contributed by atoms with Gasteiger partial charge in [0.25, 0.3) is 0 Å². The number of hydrogen-bond acceptors (Lipinski definition) is 3. The summed E-state index contributed by atoms with van der Waals surface area (Å²) in [6.45, 7) is 3.00. The maximum absolute atomic E-state index is 5.30. The zero-order valence-corrected chi connectivity index (χ0v) is 15.3. The highest BCUT2D eigenvalue weighted by molar-refractivity contribution is 9.10. The molecule has 6 heteroatoms. The van der Waals surface area contributed by atoms with Crippen molar-refractivity contribution in [1.29, 1.82) is 0 Å². The lowest BCUT2D eigenvalue weighted by molar-refractivity contribution is 0.412. The van der Waals surface area contributed by atoms with Gasteiger partial charge in [-0.25, -0.2) is 0 Å². The molecule has 3 nitrogen and oxygen atoms in total. The monoisotopic (exact) mass is 376 g/mol. The van der Waals surface area contributed by atoms with Crippen LogP contribution in [0.3, 0.4) is 0 Å². The highest BCUT2D eigenvalue weighted by Gasteiger charge is 2.09. The highest BCUT2D eigenvalue weighted by atomic mass is 79.9. The molecule has 0 saturated carbocycles. The Morgan fingerprint density at radius 3 is 2.85 bits per heavy atom. The number of benzene rings is 1. The lowest BCUT2D eigenvalue weighted by Crippen LogP contribution is -2.37. The zero-order valence-electron chi connectivity index (χ0n) is 12.0. The van der Waals surface area contributed by atoms with Crippen LogP contribution in [0.4, 0.5) is 0 Å². The summed E-state index contributed by atoms with van der Waals surface area (Å²) in [6, 6.07) is 6.19. The molecule has 1 aromatic carbocycles. The molecule has 0 amide bonds. The van der Waals surface area contributed by atoms with Crippen LogP contribution in [-0.2, 0) is 0 Å². The van der Waals surface area contributed by atoms with Crippen molar-refractivity contribution < 1.29 is 4.74 Å². The molecule has 0 heterocycles. The maximum Gasteiger partial charge on any atom is 0.166 e. The molecule has 0 radical (unpaired) electrons. The van der Waals surface area contributed by atoms with Crippen LogP contribution in [0.5, 0.6) is 5.75 Å². The van der Waals surface area contributed by atoms with E-state index in [2.05, 4.69) is 39.7 Å². The van der Waals surface area contributed by atoms with E-state index in [1.165, 1.54) is 0 Å². The second kappa shape index (κ2) is 9.47. The Kier molecular flexibility index (Phi) is 8.33. The van der Waals surface area contributed by atoms with Crippen molar-refractivity contribution in [3.8, 4) is 5.75 Å². The van der Waals surface area contributed by atoms with Crippen LogP contribution >= 0.6 is 39.9 Å². The Labute approximate surface area is 139 Å². The molecule has 1 rings (SSSR count). The first-order chi connectivity index (χ1) is 9.58. The smallest absolute Gasteiger partial charge is 0.166 e. The van der Waals surface area contributed by atoms with Gasteiger partial charge in [0.2, 0.25) is 0 Å². The van der Waals surface area contributed by atoms with Gasteiger partial charge in [-0.2, -0.15) is 11.8 Å². The van der Waals surface area contributed by atoms with Crippen LogP contribution in [-0.4, -0.2) is 30.8 Å². The lowest BCUT2D eigenvalue weighted by atomic mass is 10.1. The molecule has 0 bridgehead atoms. The molecule has 0 aromatic heterocycles. The number of thioether (sulfide) groups is 1. The summed E-state index contributed by atoms with van der Waals surface area (Å²) < 4.78 is 6.18. The summed E-state index contributed by atoms with van der Waals surface area (Å²) in [5.74, 6) is 1.98. The third-order valence-corrected chi connectivity index (χ3v) is 4.41. The van der Waals surface area contributed by atoms with E-state index in [-0.39, 0.29) is 6.04 Å². The summed E-state index contributed by atoms with van der Waals surface area (Å²) in [7, 11) is 1.66. The van der Waals surface area contributed by atoms with Gasteiger partial charge in [-0.15, -0.1) is 0 Å². The van der Waals surface area contributed by atoms with Crippen molar-refractivity contribution in [2.24, 2.45) is 0 Å².